The third-order valence-corrected chi connectivity index (χ3v) is 7.57. The number of hydrogen-bond acceptors (Lipinski definition) is 5. The van der Waals surface area contributed by atoms with Crippen molar-refractivity contribution in [3.8, 4) is 0 Å². The average Bonchev–Trinajstić information content (AvgIpc) is 3.31. The molecular formula is C20H24N4O3S2. The van der Waals surface area contributed by atoms with Gasteiger partial charge in [0.1, 0.15) is 4.21 Å². The van der Waals surface area contributed by atoms with Crippen LogP contribution in [0.1, 0.15) is 29.4 Å². The Balaban J connectivity index is 1.63. The fourth-order valence-corrected chi connectivity index (χ4v) is 5.20. The fraction of sp³-hybridized carbons (Fsp3) is 0.300. The minimum absolute atomic E-state index is 0.186. The summed E-state index contributed by atoms with van der Waals surface area (Å²) >= 11 is 1.11. The van der Waals surface area contributed by atoms with Crippen molar-refractivity contribution in [2.75, 3.05) is 0 Å². The molecule has 0 aliphatic heterocycles. The number of nitrogens with zero attached hydrogens (tertiary/aromatic N) is 2. The Morgan fingerprint density at radius 2 is 1.90 bits per heavy atom. The number of thiophene rings is 1. The lowest BCUT2D eigenvalue weighted by atomic mass is 10.2. The molecule has 0 saturated carbocycles. The number of carbonyl (C=O) groups excluding carboxylic acids is 1. The predicted molar refractivity (Wildman–Crippen MR) is 113 cm³/mol. The van der Waals surface area contributed by atoms with Gasteiger partial charge >= 0.3 is 0 Å². The van der Waals surface area contributed by atoms with Gasteiger partial charge in [0.25, 0.3) is 10.0 Å². The van der Waals surface area contributed by atoms with E-state index in [1.807, 2.05) is 48.9 Å². The van der Waals surface area contributed by atoms with E-state index < -0.39 is 16.1 Å². The second kappa shape index (κ2) is 8.89. The molecule has 3 rings (SSSR count). The SMILES string of the molecule is Cc1nn(Cc2ccccc2)c(C)c1CNC(=O)C(C)NS(=O)(=O)c1cccs1. The van der Waals surface area contributed by atoms with Gasteiger partial charge in [-0.3, -0.25) is 9.48 Å². The summed E-state index contributed by atoms with van der Waals surface area (Å²) in [5.74, 6) is -0.389. The van der Waals surface area contributed by atoms with Crippen molar-refractivity contribution in [3.05, 3.63) is 70.4 Å². The molecule has 3 aromatic rings. The summed E-state index contributed by atoms with van der Waals surface area (Å²) in [5.41, 5.74) is 3.89. The zero-order valence-corrected chi connectivity index (χ0v) is 18.2. The molecule has 29 heavy (non-hydrogen) atoms. The molecule has 1 amide bonds. The van der Waals surface area contributed by atoms with Gasteiger partial charge in [-0.2, -0.15) is 9.82 Å². The van der Waals surface area contributed by atoms with Crippen LogP contribution in [-0.2, 0) is 27.9 Å². The van der Waals surface area contributed by atoms with Crippen molar-refractivity contribution in [1.29, 1.82) is 0 Å². The number of aromatic nitrogens is 2. The number of aryl methyl sites for hydroxylation is 1. The van der Waals surface area contributed by atoms with E-state index in [1.54, 1.807) is 11.4 Å². The van der Waals surface area contributed by atoms with Gasteiger partial charge in [-0.15, -0.1) is 11.3 Å². The van der Waals surface area contributed by atoms with Gasteiger partial charge in [-0.1, -0.05) is 36.4 Å². The minimum atomic E-state index is -3.70. The van der Waals surface area contributed by atoms with Crippen molar-refractivity contribution in [2.45, 2.75) is 44.1 Å². The molecule has 0 fully saturated rings. The molecule has 0 spiro atoms. The van der Waals surface area contributed by atoms with Gasteiger partial charge in [0.05, 0.1) is 18.3 Å². The molecule has 2 heterocycles. The lowest BCUT2D eigenvalue weighted by Gasteiger charge is -2.14. The maximum atomic E-state index is 12.4. The molecule has 0 bridgehead atoms. The monoisotopic (exact) mass is 432 g/mol. The summed E-state index contributed by atoms with van der Waals surface area (Å²) < 4.78 is 29.1. The van der Waals surface area contributed by atoms with Crippen LogP contribution < -0.4 is 10.0 Å². The third-order valence-electron chi connectivity index (χ3n) is 4.63. The fourth-order valence-electron chi connectivity index (χ4n) is 2.99. The molecule has 1 atom stereocenters. The molecule has 7 nitrogen and oxygen atoms in total. The van der Waals surface area contributed by atoms with E-state index in [4.69, 9.17) is 0 Å². The molecular weight excluding hydrogens is 408 g/mol. The quantitative estimate of drug-likeness (QED) is 0.572. The molecule has 2 N–H and O–H groups in total. The summed E-state index contributed by atoms with van der Waals surface area (Å²) in [5, 5.41) is 9.06. The Morgan fingerprint density at radius 1 is 1.17 bits per heavy atom. The van der Waals surface area contributed by atoms with Crippen molar-refractivity contribution < 1.29 is 13.2 Å². The largest absolute Gasteiger partial charge is 0.351 e. The summed E-state index contributed by atoms with van der Waals surface area (Å²) in [4.78, 5) is 12.4. The van der Waals surface area contributed by atoms with E-state index in [-0.39, 0.29) is 16.7 Å². The van der Waals surface area contributed by atoms with Crippen molar-refractivity contribution in [1.82, 2.24) is 19.8 Å². The average molecular weight is 433 g/mol. The van der Waals surface area contributed by atoms with Crippen LogP contribution in [0.5, 0.6) is 0 Å². The number of carbonyl (C=O) groups is 1. The van der Waals surface area contributed by atoms with Gasteiger partial charge < -0.3 is 5.32 Å². The maximum absolute atomic E-state index is 12.4. The van der Waals surface area contributed by atoms with Crippen molar-refractivity contribution in [3.63, 3.8) is 0 Å². The summed E-state index contributed by atoms with van der Waals surface area (Å²) in [6.45, 7) is 6.33. The van der Waals surface area contributed by atoms with Crippen LogP contribution in [-0.4, -0.2) is 30.1 Å². The van der Waals surface area contributed by atoms with E-state index in [0.29, 0.717) is 6.54 Å². The topological polar surface area (TPSA) is 93.1 Å². The van der Waals surface area contributed by atoms with Crippen LogP contribution in [0.2, 0.25) is 0 Å². The Labute approximate surface area is 174 Å². The highest BCUT2D eigenvalue weighted by molar-refractivity contribution is 7.91. The number of amides is 1. The van der Waals surface area contributed by atoms with Crippen LogP contribution >= 0.6 is 11.3 Å². The normalized spacial score (nSPS) is 12.7. The zero-order chi connectivity index (χ0) is 21.0. The zero-order valence-electron chi connectivity index (χ0n) is 16.5. The van der Waals surface area contributed by atoms with Gasteiger partial charge in [0.2, 0.25) is 5.91 Å². The molecule has 154 valence electrons. The number of sulfonamides is 1. The van der Waals surface area contributed by atoms with Crippen LogP contribution in [0, 0.1) is 13.8 Å². The lowest BCUT2D eigenvalue weighted by molar-refractivity contribution is -0.122. The first-order valence-electron chi connectivity index (χ1n) is 9.18. The van der Waals surface area contributed by atoms with E-state index in [9.17, 15) is 13.2 Å². The Kier molecular flexibility index (Phi) is 6.51. The highest BCUT2D eigenvalue weighted by Gasteiger charge is 2.23. The predicted octanol–water partition coefficient (Wildman–Crippen LogP) is 2.59. The number of rotatable bonds is 8. The van der Waals surface area contributed by atoms with E-state index in [1.165, 1.54) is 13.0 Å². The van der Waals surface area contributed by atoms with E-state index >= 15 is 0 Å². The molecule has 0 radical (unpaired) electrons. The van der Waals surface area contributed by atoms with Gasteiger partial charge in [-0.05, 0) is 37.8 Å². The minimum Gasteiger partial charge on any atom is -0.351 e. The first-order valence-corrected chi connectivity index (χ1v) is 11.5. The molecule has 9 heteroatoms. The van der Waals surface area contributed by atoms with Gasteiger partial charge in [-0.25, -0.2) is 8.42 Å². The Bertz CT molecular complexity index is 1070. The summed E-state index contributed by atoms with van der Waals surface area (Å²) in [6.07, 6.45) is 0. The molecule has 1 aromatic carbocycles. The molecule has 0 aliphatic carbocycles. The summed E-state index contributed by atoms with van der Waals surface area (Å²) in [6, 6.07) is 12.3. The third kappa shape index (κ3) is 5.11. The number of benzene rings is 1. The standard InChI is InChI=1S/C20H24N4O3S2/c1-14-18(16(3)24(22-14)13-17-8-5-4-6-9-17)12-21-20(25)15(2)23-29(26,27)19-10-7-11-28-19/h4-11,15,23H,12-13H2,1-3H3,(H,21,25). The Hall–Kier alpha value is -2.49. The van der Waals surface area contributed by atoms with Gasteiger partial charge in [0.15, 0.2) is 0 Å². The highest BCUT2D eigenvalue weighted by Crippen LogP contribution is 2.17. The molecule has 2 aromatic heterocycles. The van der Waals surface area contributed by atoms with Crippen molar-refractivity contribution >= 4 is 27.3 Å². The number of nitrogens with one attached hydrogen (secondary N) is 2. The second-order valence-electron chi connectivity index (χ2n) is 6.79. The van der Waals surface area contributed by atoms with E-state index in [2.05, 4.69) is 15.1 Å². The van der Waals surface area contributed by atoms with Crippen LogP contribution in [0.3, 0.4) is 0 Å². The first-order chi connectivity index (χ1) is 13.8. The molecule has 1 unspecified atom stereocenters. The number of hydrogen-bond donors (Lipinski definition) is 2. The maximum Gasteiger partial charge on any atom is 0.250 e. The summed E-state index contributed by atoms with van der Waals surface area (Å²) in [7, 11) is -3.70. The molecule has 0 aliphatic rings. The first kappa shape index (κ1) is 21.2. The van der Waals surface area contributed by atoms with E-state index in [0.717, 1.165) is 33.9 Å². The van der Waals surface area contributed by atoms with Crippen molar-refractivity contribution in [2.24, 2.45) is 0 Å². The second-order valence-corrected chi connectivity index (χ2v) is 9.67. The molecule has 0 saturated heterocycles. The van der Waals surface area contributed by atoms with Crippen LogP contribution in [0.4, 0.5) is 0 Å². The van der Waals surface area contributed by atoms with Gasteiger partial charge in [0, 0.05) is 17.8 Å². The highest BCUT2D eigenvalue weighted by atomic mass is 32.2. The Morgan fingerprint density at radius 3 is 2.55 bits per heavy atom. The lowest BCUT2D eigenvalue weighted by Crippen LogP contribution is -2.44. The van der Waals surface area contributed by atoms with Crippen LogP contribution in [0.25, 0.3) is 0 Å². The van der Waals surface area contributed by atoms with Crippen LogP contribution in [0.15, 0.2) is 52.1 Å². The smallest absolute Gasteiger partial charge is 0.250 e.